The molecule has 9 nitrogen and oxygen atoms in total. The highest BCUT2D eigenvalue weighted by atomic mass is 16.5. The lowest BCUT2D eigenvalue weighted by Gasteiger charge is -2.36. The number of hydrogen-bond acceptors (Lipinski definition) is 6. The molecule has 2 heterocycles. The summed E-state index contributed by atoms with van der Waals surface area (Å²) in [6.07, 6.45) is 2.54. The van der Waals surface area contributed by atoms with E-state index in [-0.39, 0.29) is 30.0 Å². The van der Waals surface area contributed by atoms with Gasteiger partial charge in [-0.3, -0.25) is 4.79 Å². The Morgan fingerprint density at radius 3 is 2.62 bits per heavy atom. The highest BCUT2D eigenvalue weighted by molar-refractivity contribution is 5.75. The topological polar surface area (TPSA) is 118 Å². The van der Waals surface area contributed by atoms with Gasteiger partial charge in [-0.15, -0.1) is 0 Å². The Morgan fingerprint density at radius 2 is 2.00 bits per heavy atom. The number of carbonyl (C=O) groups excluding carboxylic acids is 1. The molecule has 1 atom stereocenters. The maximum absolute atomic E-state index is 12.8. The molecular formula is C17H26N4O5. The average molecular weight is 366 g/mol. The van der Waals surface area contributed by atoms with Crippen molar-refractivity contribution < 1.29 is 24.0 Å². The van der Waals surface area contributed by atoms with Crippen LogP contribution in [0.2, 0.25) is 0 Å². The molecule has 1 saturated heterocycles. The second-order valence-electron chi connectivity index (χ2n) is 7.27. The van der Waals surface area contributed by atoms with Crippen LogP contribution in [0.3, 0.4) is 0 Å². The van der Waals surface area contributed by atoms with Gasteiger partial charge >= 0.3 is 12.0 Å². The lowest BCUT2D eigenvalue weighted by atomic mass is 9.86. The highest BCUT2D eigenvalue weighted by Gasteiger charge is 2.34. The fourth-order valence-electron chi connectivity index (χ4n) is 3.42. The minimum Gasteiger partial charge on any atom is -0.481 e. The first-order valence-electron chi connectivity index (χ1n) is 9.17. The summed E-state index contributed by atoms with van der Waals surface area (Å²) in [4.78, 5) is 29.9. The van der Waals surface area contributed by atoms with E-state index in [0.717, 1.165) is 0 Å². The van der Waals surface area contributed by atoms with E-state index in [1.165, 1.54) is 0 Å². The van der Waals surface area contributed by atoms with Crippen molar-refractivity contribution in [3.8, 4) is 0 Å². The van der Waals surface area contributed by atoms with Gasteiger partial charge in [-0.25, -0.2) is 4.79 Å². The van der Waals surface area contributed by atoms with Crippen LogP contribution in [0.15, 0.2) is 4.52 Å². The van der Waals surface area contributed by atoms with E-state index >= 15 is 0 Å². The van der Waals surface area contributed by atoms with Crippen LogP contribution in [0.5, 0.6) is 0 Å². The minimum atomic E-state index is -0.749. The van der Waals surface area contributed by atoms with Crippen molar-refractivity contribution >= 4 is 12.0 Å². The van der Waals surface area contributed by atoms with Crippen LogP contribution in [0.25, 0.3) is 0 Å². The molecule has 2 amide bonds. The lowest BCUT2D eigenvalue weighted by Crippen LogP contribution is -2.51. The molecule has 0 bridgehead atoms. The number of nitrogens with one attached hydrogen (secondary N) is 1. The van der Waals surface area contributed by atoms with Crippen molar-refractivity contribution in [1.82, 2.24) is 20.4 Å². The third-order valence-electron chi connectivity index (χ3n) is 5.04. The van der Waals surface area contributed by atoms with Gasteiger partial charge in [0.05, 0.1) is 19.1 Å². The van der Waals surface area contributed by atoms with Gasteiger partial charge in [-0.05, 0) is 25.7 Å². The van der Waals surface area contributed by atoms with Gasteiger partial charge in [-0.2, -0.15) is 4.98 Å². The molecule has 0 aromatic carbocycles. The quantitative estimate of drug-likeness (QED) is 0.836. The summed E-state index contributed by atoms with van der Waals surface area (Å²) in [5.41, 5.74) is 0. The number of carboxylic acids is 1. The number of aliphatic carboxylic acids is 1. The van der Waals surface area contributed by atoms with Crippen LogP contribution in [0, 0.1) is 5.92 Å². The van der Waals surface area contributed by atoms with Crippen molar-refractivity contribution in [3.05, 3.63) is 11.7 Å². The molecule has 0 spiro atoms. The summed E-state index contributed by atoms with van der Waals surface area (Å²) >= 11 is 0. The largest absolute Gasteiger partial charge is 0.481 e. The molecule has 2 fully saturated rings. The number of urea groups is 1. The number of ether oxygens (including phenoxy) is 1. The Morgan fingerprint density at radius 1 is 1.27 bits per heavy atom. The van der Waals surface area contributed by atoms with Crippen molar-refractivity contribution in [2.75, 3.05) is 19.8 Å². The molecule has 144 valence electrons. The molecule has 1 aliphatic heterocycles. The maximum Gasteiger partial charge on any atom is 0.318 e. The standard InChI is InChI=1S/C17H26N4O5/c1-10(2)15-19-14(20-26-15)13-9-25-8-7-21(13)17(24)18-12-5-3-11(4-6-12)16(22)23/h10-13H,3-9H2,1-2H3,(H,18,24)(H,22,23). The van der Waals surface area contributed by atoms with E-state index in [0.29, 0.717) is 57.2 Å². The highest BCUT2D eigenvalue weighted by Crippen LogP contribution is 2.27. The minimum absolute atomic E-state index is 0.00177. The predicted molar refractivity (Wildman–Crippen MR) is 90.6 cm³/mol. The molecule has 1 aromatic rings. The normalized spacial score (nSPS) is 26.7. The Hall–Kier alpha value is -2.16. The summed E-state index contributed by atoms with van der Waals surface area (Å²) in [5, 5.41) is 16.1. The van der Waals surface area contributed by atoms with Gasteiger partial charge in [0.2, 0.25) is 5.89 Å². The fraction of sp³-hybridized carbons (Fsp3) is 0.765. The Balaban J connectivity index is 1.62. The van der Waals surface area contributed by atoms with Gasteiger partial charge in [0, 0.05) is 18.5 Å². The molecule has 26 heavy (non-hydrogen) atoms. The number of carboxylic acid groups (broad SMARTS) is 1. The lowest BCUT2D eigenvalue weighted by molar-refractivity contribution is -0.142. The van der Waals surface area contributed by atoms with Gasteiger partial charge in [0.1, 0.15) is 6.04 Å². The van der Waals surface area contributed by atoms with E-state index in [9.17, 15) is 9.59 Å². The zero-order chi connectivity index (χ0) is 18.7. The van der Waals surface area contributed by atoms with Gasteiger partial charge in [0.15, 0.2) is 5.82 Å². The first-order chi connectivity index (χ1) is 12.5. The van der Waals surface area contributed by atoms with E-state index in [4.69, 9.17) is 14.4 Å². The molecule has 3 rings (SSSR count). The Labute approximate surface area is 152 Å². The Bertz CT molecular complexity index is 639. The third-order valence-corrected chi connectivity index (χ3v) is 5.04. The molecule has 2 aliphatic rings. The molecule has 1 aliphatic carbocycles. The van der Waals surface area contributed by atoms with Crippen molar-refractivity contribution in [1.29, 1.82) is 0 Å². The smallest absolute Gasteiger partial charge is 0.318 e. The van der Waals surface area contributed by atoms with Crippen LogP contribution in [-0.2, 0) is 9.53 Å². The summed E-state index contributed by atoms with van der Waals surface area (Å²) in [5.74, 6) is 0.0673. The Kier molecular flexibility index (Phi) is 5.75. The zero-order valence-corrected chi connectivity index (χ0v) is 15.2. The van der Waals surface area contributed by atoms with Crippen molar-refractivity contribution in [2.45, 2.75) is 57.5 Å². The van der Waals surface area contributed by atoms with Crippen molar-refractivity contribution in [3.63, 3.8) is 0 Å². The SMILES string of the molecule is CC(C)c1nc(C2COCCN2C(=O)NC2CCC(C(=O)O)CC2)no1. The number of hydrogen-bond donors (Lipinski definition) is 2. The van der Waals surface area contributed by atoms with Gasteiger partial charge in [-0.1, -0.05) is 19.0 Å². The van der Waals surface area contributed by atoms with E-state index in [1.54, 1.807) is 4.90 Å². The summed E-state index contributed by atoms with van der Waals surface area (Å²) in [7, 11) is 0. The first kappa shape index (κ1) is 18.6. The second-order valence-corrected chi connectivity index (χ2v) is 7.27. The first-order valence-corrected chi connectivity index (χ1v) is 9.17. The van der Waals surface area contributed by atoms with E-state index in [2.05, 4.69) is 15.5 Å². The molecular weight excluding hydrogens is 340 g/mol. The van der Waals surface area contributed by atoms with Crippen LogP contribution in [0.1, 0.15) is 63.2 Å². The molecule has 1 aromatic heterocycles. The summed E-state index contributed by atoms with van der Waals surface area (Å²) < 4.78 is 10.8. The number of carbonyl (C=O) groups is 2. The maximum atomic E-state index is 12.8. The molecule has 1 saturated carbocycles. The van der Waals surface area contributed by atoms with Gasteiger partial charge in [0.25, 0.3) is 0 Å². The summed E-state index contributed by atoms with van der Waals surface area (Å²) in [6.45, 7) is 5.17. The number of rotatable bonds is 4. The number of aromatic nitrogens is 2. The van der Waals surface area contributed by atoms with E-state index in [1.807, 2.05) is 13.8 Å². The second kappa shape index (κ2) is 8.03. The van der Waals surface area contributed by atoms with Crippen LogP contribution in [0.4, 0.5) is 4.79 Å². The molecule has 0 radical (unpaired) electrons. The molecule has 1 unspecified atom stereocenters. The predicted octanol–water partition coefficient (Wildman–Crippen LogP) is 1.92. The van der Waals surface area contributed by atoms with Gasteiger partial charge < -0.3 is 24.6 Å². The van der Waals surface area contributed by atoms with Crippen LogP contribution in [-0.4, -0.2) is 57.9 Å². The van der Waals surface area contributed by atoms with Crippen LogP contribution >= 0.6 is 0 Å². The van der Waals surface area contributed by atoms with Crippen molar-refractivity contribution in [2.24, 2.45) is 5.92 Å². The fourth-order valence-corrected chi connectivity index (χ4v) is 3.42. The number of morpholine rings is 1. The monoisotopic (exact) mass is 366 g/mol. The van der Waals surface area contributed by atoms with Crippen LogP contribution < -0.4 is 5.32 Å². The summed E-state index contributed by atoms with van der Waals surface area (Å²) in [6, 6.07) is -0.568. The average Bonchev–Trinajstić information content (AvgIpc) is 3.12. The van der Waals surface area contributed by atoms with E-state index < -0.39 is 5.97 Å². The number of amides is 2. The molecule has 9 heteroatoms. The number of nitrogens with zero attached hydrogens (tertiary/aromatic N) is 3. The zero-order valence-electron chi connectivity index (χ0n) is 15.2. The third kappa shape index (κ3) is 4.14. The molecule has 2 N–H and O–H groups in total.